The van der Waals surface area contributed by atoms with Crippen LogP contribution in [0.4, 0.5) is 0 Å². The van der Waals surface area contributed by atoms with Gasteiger partial charge in [0.2, 0.25) is 0 Å². The maximum absolute atomic E-state index is 11.8. The standard InChI is InChI=1S/C18H20N4O/c1-10(2)14-8-18(23)22-17(20-14)9-16-19-12(4)13-6-5-11(3)7-15(13)21-16/h5-8,10H,9H2,1-4H3,(H,20,22,23). The zero-order valence-corrected chi connectivity index (χ0v) is 13.8. The molecule has 3 rings (SSSR count). The van der Waals surface area contributed by atoms with E-state index in [2.05, 4.69) is 26.0 Å². The van der Waals surface area contributed by atoms with Gasteiger partial charge in [0.05, 0.1) is 17.6 Å². The molecule has 0 aliphatic heterocycles. The summed E-state index contributed by atoms with van der Waals surface area (Å²) in [6.07, 6.45) is 0.417. The Morgan fingerprint density at radius 2 is 1.87 bits per heavy atom. The number of aromatic nitrogens is 4. The first-order chi connectivity index (χ1) is 10.9. The van der Waals surface area contributed by atoms with Crippen LogP contribution >= 0.6 is 0 Å². The molecule has 0 saturated carbocycles. The van der Waals surface area contributed by atoms with Crippen LogP contribution in [0.3, 0.4) is 0 Å². The number of rotatable bonds is 3. The van der Waals surface area contributed by atoms with Gasteiger partial charge >= 0.3 is 0 Å². The van der Waals surface area contributed by atoms with Gasteiger partial charge in [0.1, 0.15) is 11.6 Å². The van der Waals surface area contributed by atoms with Gasteiger partial charge in [-0.1, -0.05) is 26.0 Å². The van der Waals surface area contributed by atoms with E-state index in [1.165, 1.54) is 0 Å². The summed E-state index contributed by atoms with van der Waals surface area (Å²) in [6, 6.07) is 7.70. The van der Waals surface area contributed by atoms with E-state index in [1.54, 1.807) is 6.07 Å². The van der Waals surface area contributed by atoms with Crippen LogP contribution in [0.1, 0.15) is 48.4 Å². The van der Waals surface area contributed by atoms with Crippen molar-refractivity contribution in [3.05, 3.63) is 63.2 Å². The monoisotopic (exact) mass is 308 g/mol. The van der Waals surface area contributed by atoms with Gasteiger partial charge in [0.15, 0.2) is 0 Å². The number of nitrogens with zero attached hydrogens (tertiary/aromatic N) is 3. The zero-order valence-electron chi connectivity index (χ0n) is 13.8. The average molecular weight is 308 g/mol. The van der Waals surface area contributed by atoms with Crippen molar-refractivity contribution in [3.63, 3.8) is 0 Å². The van der Waals surface area contributed by atoms with E-state index < -0.39 is 0 Å². The van der Waals surface area contributed by atoms with Crippen molar-refractivity contribution in [3.8, 4) is 0 Å². The Balaban J connectivity index is 2.03. The lowest BCUT2D eigenvalue weighted by atomic mass is 10.1. The summed E-state index contributed by atoms with van der Waals surface area (Å²) in [5, 5.41) is 1.05. The van der Waals surface area contributed by atoms with E-state index >= 15 is 0 Å². The van der Waals surface area contributed by atoms with Gasteiger partial charge in [-0.15, -0.1) is 0 Å². The summed E-state index contributed by atoms with van der Waals surface area (Å²) in [5.74, 6) is 1.48. The number of aryl methyl sites for hydroxylation is 2. The third-order valence-corrected chi connectivity index (χ3v) is 3.82. The van der Waals surface area contributed by atoms with Crippen molar-refractivity contribution in [2.75, 3.05) is 0 Å². The minimum absolute atomic E-state index is 0.132. The predicted octanol–water partition coefficient (Wildman–Crippen LogP) is 3.04. The fourth-order valence-corrected chi connectivity index (χ4v) is 2.59. The topological polar surface area (TPSA) is 71.5 Å². The largest absolute Gasteiger partial charge is 0.310 e. The Hall–Kier alpha value is -2.56. The molecule has 0 aliphatic carbocycles. The molecule has 0 saturated heterocycles. The Kier molecular flexibility index (Phi) is 3.94. The average Bonchev–Trinajstić information content (AvgIpc) is 2.46. The molecule has 2 heterocycles. The maximum atomic E-state index is 11.8. The smallest absolute Gasteiger partial charge is 0.251 e. The predicted molar refractivity (Wildman–Crippen MR) is 90.8 cm³/mol. The SMILES string of the molecule is Cc1ccc2c(C)nc(Cc3nc(C(C)C)cc(=O)[nH]3)nc2c1. The number of aromatic amines is 1. The molecular formula is C18H20N4O. The second-order valence-electron chi connectivity index (χ2n) is 6.19. The second-order valence-corrected chi connectivity index (χ2v) is 6.19. The van der Waals surface area contributed by atoms with E-state index in [1.807, 2.05) is 39.8 Å². The molecular weight excluding hydrogens is 288 g/mol. The van der Waals surface area contributed by atoms with Gasteiger partial charge < -0.3 is 4.98 Å². The highest BCUT2D eigenvalue weighted by Gasteiger charge is 2.10. The van der Waals surface area contributed by atoms with Crippen LogP contribution in [-0.4, -0.2) is 19.9 Å². The molecule has 0 spiro atoms. The second kappa shape index (κ2) is 5.91. The van der Waals surface area contributed by atoms with Crippen molar-refractivity contribution >= 4 is 10.9 Å². The molecule has 118 valence electrons. The van der Waals surface area contributed by atoms with Gasteiger partial charge in [-0.2, -0.15) is 0 Å². The lowest BCUT2D eigenvalue weighted by Crippen LogP contribution is -2.15. The van der Waals surface area contributed by atoms with Crippen LogP contribution in [0, 0.1) is 13.8 Å². The normalized spacial score (nSPS) is 11.3. The highest BCUT2D eigenvalue weighted by Crippen LogP contribution is 2.18. The molecule has 0 fully saturated rings. The Morgan fingerprint density at radius 1 is 1.09 bits per heavy atom. The van der Waals surface area contributed by atoms with E-state index in [-0.39, 0.29) is 11.5 Å². The summed E-state index contributed by atoms with van der Waals surface area (Å²) in [5.41, 5.74) is 3.68. The molecule has 0 radical (unpaired) electrons. The van der Waals surface area contributed by atoms with Crippen molar-refractivity contribution < 1.29 is 0 Å². The summed E-state index contributed by atoms with van der Waals surface area (Å²) in [4.78, 5) is 28.3. The first-order valence-electron chi connectivity index (χ1n) is 7.76. The molecule has 0 bridgehead atoms. The third-order valence-electron chi connectivity index (χ3n) is 3.82. The van der Waals surface area contributed by atoms with Crippen molar-refractivity contribution in [1.29, 1.82) is 0 Å². The Bertz CT molecular complexity index is 928. The summed E-state index contributed by atoms with van der Waals surface area (Å²) < 4.78 is 0. The first-order valence-corrected chi connectivity index (χ1v) is 7.76. The Labute approximate surface area is 134 Å². The van der Waals surface area contributed by atoms with Gasteiger partial charge in [-0.25, -0.2) is 15.0 Å². The molecule has 3 aromatic rings. The van der Waals surface area contributed by atoms with Crippen LogP contribution in [0.15, 0.2) is 29.1 Å². The minimum atomic E-state index is -0.132. The molecule has 5 nitrogen and oxygen atoms in total. The van der Waals surface area contributed by atoms with E-state index in [0.717, 1.165) is 27.9 Å². The third kappa shape index (κ3) is 3.28. The lowest BCUT2D eigenvalue weighted by Gasteiger charge is -2.08. The number of nitrogens with one attached hydrogen (secondary N) is 1. The van der Waals surface area contributed by atoms with Crippen LogP contribution in [0.25, 0.3) is 10.9 Å². The summed E-state index contributed by atoms with van der Waals surface area (Å²) in [6.45, 7) is 8.06. The molecule has 0 unspecified atom stereocenters. The van der Waals surface area contributed by atoms with Gasteiger partial charge in [-0.05, 0) is 31.4 Å². The first kappa shape index (κ1) is 15.3. The van der Waals surface area contributed by atoms with Gasteiger partial charge in [0.25, 0.3) is 5.56 Å². The highest BCUT2D eigenvalue weighted by atomic mass is 16.1. The van der Waals surface area contributed by atoms with E-state index in [9.17, 15) is 4.79 Å². The van der Waals surface area contributed by atoms with Crippen LogP contribution in [-0.2, 0) is 6.42 Å². The summed E-state index contributed by atoms with van der Waals surface area (Å²) >= 11 is 0. The fraction of sp³-hybridized carbons (Fsp3) is 0.333. The highest BCUT2D eigenvalue weighted by molar-refractivity contribution is 5.81. The zero-order chi connectivity index (χ0) is 16.6. The van der Waals surface area contributed by atoms with Crippen molar-refractivity contribution in [2.45, 2.75) is 40.0 Å². The van der Waals surface area contributed by atoms with Crippen molar-refractivity contribution in [1.82, 2.24) is 19.9 Å². The minimum Gasteiger partial charge on any atom is -0.310 e. The van der Waals surface area contributed by atoms with Crippen LogP contribution in [0.2, 0.25) is 0 Å². The number of fused-ring (bicyclic) bond motifs is 1. The van der Waals surface area contributed by atoms with Gasteiger partial charge in [-0.3, -0.25) is 4.79 Å². The quantitative estimate of drug-likeness (QED) is 0.807. The number of H-pyrrole nitrogens is 1. The lowest BCUT2D eigenvalue weighted by molar-refractivity contribution is 0.775. The molecule has 1 N–H and O–H groups in total. The number of hydrogen-bond acceptors (Lipinski definition) is 4. The summed E-state index contributed by atoms with van der Waals surface area (Å²) in [7, 11) is 0. The van der Waals surface area contributed by atoms with Crippen molar-refractivity contribution in [2.24, 2.45) is 0 Å². The molecule has 5 heteroatoms. The van der Waals surface area contributed by atoms with E-state index in [4.69, 9.17) is 0 Å². The van der Waals surface area contributed by atoms with E-state index in [0.29, 0.717) is 18.1 Å². The number of hydrogen-bond donors (Lipinski definition) is 1. The number of benzene rings is 1. The Morgan fingerprint density at radius 3 is 2.61 bits per heavy atom. The van der Waals surface area contributed by atoms with Gasteiger partial charge in [0, 0.05) is 17.1 Å². The molecule has 23 heavy (non-hydrogen) atoms. The fourth-order valence-electron chi connectivity index (χ4n) is 2.59. The van der Waals surface area contributed by atoms with Crippen LogP contribution < -0.4 is 5.56 Å². The molecule has 1 aromatic carbocycles. The van der Waals surface area contributed by atoms with Crippen LogP contribution in [0.5, 0.6) is 0 Å². The maximum Gasteiger partial charge on any atom is 0.251 e. The molecule has 2 aromatic heterocycles. The molecule has 0 atom stereocenters. The molecule has 0 amide bonds. The molecule has 0 aliphatic rings.